The van der Waals surface area contributed by atoms with Crippen molar-refractivity contribution in [2.24, 2.45) is 0 Å². The average molecular weight is 397 g/mol. The third kappa shape index (κ3) is 5.82. The van der Waals surface area contributed by atoms with Crippen LogP contribution in [-0.4, -0.2) is 51.4 Å². The fourth-order valence-electron chi connectivity index (χ4n) is 3.27. The quantitative estimate of drug-likeness (QED) is 0.387. The number of ether oxygens (including phenoxy) is 4. The highest BCUT2D eigenvalue weighted by atomic mass is 16.5. The standard InChI is InChI=1S/C23H27NO5/c1-26-17-22(23(25)27-2)21-9-4-3-7-19(21)16-29-20-8-5-6-18(14-20)15-24-10-12-28-13-11-24/h3-9,14,17H,10-13,15-16H2,1-2H3/b22-17+. The SMILES string of the molecule is CO/C=C(/C(=O)OC)c1ccccc1COc1cccc(CN2CCOCC2)c1. The molecule has 0 N–H and O–H groups in total. The summed E-state index contributed by atoms with van der Waals surface area (Å²) in [7, 11) is 2.85. The van der Waals surface area contributed by atoms with Crippen LogP contribution in [0.1, 0.15) is 16.7 Å². The summed E-state index contributed by atoms with van der Waals surface area (Å²) in [6, 6.07) is 15.7. The van der Waals surface area contributed by atoms with E-state index in [1.54, 1.807) is 0 Å². The smallest absolute Gasteiger partial charge is 0.341 e. The molecular formula is C23H27NO5. The minimum Gasteiger partial charge on any atom is -0.503 e. The van der Waals surface area contributed by atoms with E-state index in [4.69, 9.17) is 18.9 Å². The van der Waals surface area contributed by atoms with Crippen molar-refractivity contribution in [3.63, 3.8) is 0 Å². The maximum absolute atomic E-state index is 12.1. The molecule has 0 amide bonds. The highest BCUT2D eigenvalue weighted by molar-refractivity contribution is 6.16. The van der Waals surface area contributed by atoms with Gasteiger partial charge in [-0.25, -0.2) is 4.79 Å². The Labute approximate surface area is 171 Å². The van der Waals surface area contributed by atoms with Crippen LogP contribution >= 0.6 is 0 Å². The first-order chi connectivity index (χ1) is 14.2. The minimum atomic E-state index is -0.452. The first-order valence-electron chi connectivity index (χ1n) is 9.62. The summed E-state index contributed by atoms with van der Waals surface area (Å²) >= 11 is 0. The van der Waals surface area contributed by atoms with Gasteiger partial charge in [0.2, 0.25) is 0 Å². The first kappa shape index (κ1) is 20.9. The van der Waals surface area contributed by atoms with Crippen molar-refractivity contribution in [3.8, 4) is 5.75 Å². The fraction of sp³-hybridized carbons (Fsp3) is 0.348. The molecule has 0 aromatic heterocycles. The number of morpholine rings is 1. The highest BCUT2D eigenvalue weighted by Gasteiger charge is 2.17. The molecule has 0 aliphatic carbocycles. The molecule has 1 aliphatic heterocycles. The maximum atomic E-state index is 12.1. The van der Waals surface area contributed by atoms with E-state index < -0.39 is 5.97 Å². The summed E-state index contributed by atoms with van der Waals surface area (Å²) in [5.41, 5.74) is 3.16. The molecule has 2 aromatic carbocycles. The third-order valence-corrected chi connectivity index (χ3v) is 4.75. The van der Waals surface area contributed by atoms with E-state index >= 15 is 0 Å². The number of rotatable bonds is 8. The van der Waals surface area contributed by atoms with Crippen molar-refractivity contribution in [2.75, 3.05) is 40.5 Å². The van der Waals surface area contributed by atoms with E-state index in [1.807, 2.05) is 36.4 Å². The van der Waals surface area contributed by atoms with Crippen molar-refractivity contribution in [3.05, 3.63) is 71.5 Å². The Hall–Kier alpha value is -2.83. The number of esters is 1. The molecule has 2 aromatic rings. The van der Waals surface area contributed by atoms with E-state index in [1.165, 1.54) is 26.0 Å². The predicted molar refractivity (Wildman–Crippen MR) is 110 cm³/mol. The molecule has 1 fully saturated rings. The third-order valence-electron chi connectivity index (χ3n) is 4.75. The van der Waals surface area contributed by atoms with Crippen LogP contribution in [0.3, 0.4) is 0 Å². The van der Waals surface area contributed by atoms with Crippen LogP contribution < -0.4 is 4.74 Å². The molecule has 0 bridgehead atoms. The number of benzene rings is 2. The zero-order valence-corrected chi connectivity index (χ0v) is 16.9. The lowest BCUT2D eigenvalue weighted by atomic mass is 10.0. The van der Waals surface area contributed by atoms with Gasteiger partial charge in [-0.1, -0.05) is 36.4 Å². The number of hydrogen-bond donors (Lipinski definition) is 0. The van der Waals surface area contributed by atoms with E-state index in [0.717, 1.165) is 49.7 Å². The van der Waals surface area contributed by atoms with Gasteiger partial charge in [0.05, 0.1) is 33.7 Å². The second-order valence-corrected chi connectivity index (χ2v) is 6.74. The molecule has 6 heteroatoms. The van der Waals surface area contributed by atoms with Crippen molar-refractivity contribution in [1.29, 1.82) is 0 Å². The molecule has 1 heterocycles. The molecule has 0 unspecified atom stereocenters. The van der Waals surface area contributed by atoms with Gasteiger partial charge in [0.25, 0.3) is 0 Å². The molecular weight excluding hydrogens is 370 g/mol. The van der Waals surface area contributed by atoms with Crippen LogP contribution in [0, 0.1) is 0 Å². The zero-order chi connectivity index (χ0) is 20.5. The van der Waals surface area contributed by atoms with Gasteiger partial charge in [-0.15, -0.1) is 0 Å². The van der Waals surface area contributed by atoms with Crippen molar-refractivity contribution >= 4 is 11.5 Å². The summed E-state index contributed by atoms with van der Waals surface area (Å²) in [6.45, 7) is 4.66. The molecule has 1 aliphatic rings. The van der Waals surface area contributed by atoms with E-state index in [2.05, 4.69) is 17.0 Å². The van der Waals surface area contributed by atoms with Gasteiger partial charge in [0.15, 0.2) is 0 Å². The molecule has 29 heavy (non-hydrogen) atoms. The summed E-state index contributed by atoms with van der Waals surface area (Å²) in [5.74, 6) is 0.340. The molecule has 0 atom stereocenters. The van der Waals surface area contributed by atoms with Crippen LogP contribution in [0.25, 0.3) is 5.57 Å². The van der Waals surface area contributed by atoms with Crippen LogP contribution in [0.15, 0.2) is 54.8 Å². The minimum absolute atomic E-state index is 0.329. The van der Waals surface area contributed by atoms with Gasteiger partial charge >= 0.3 is 5.97 Å². The summed E-state index contributed by atoms with van der Waals surface area (Å²) in [5, 5.41) is 0. The van der Waals surface area contributed by atoms with E-state index in [0.29, 0.717) is 12.2 Å². The van der Waals surface area contributed by atoms with E-state index in [-0.39, 0.29) is 0 Å². The van der Waals surface area contributed by atoms with Gasteiger partial charge in [0, 0.05) is 19.6 Å². The Balaban J connectivity index is 1.71. The number of carbonyl (C=O) groups is 1. The zero-order valence-electron chi connectivity index (χ0n) is 16.9. The Morgan fingerprint density at radius 3 is 2.66 bits per heavy atom. The predicted octanol–water partition coefficient (Wildman–Crippen LogP) is 3.26. The van der Waals surface area contributed by atoms with Crippen LogP contribution in [0.2, 0.25) is 0 Å². The number of nitrogens with zero attached hydrogens (tertiary/aromatic N) is 1. The van der Waals surface area contributed by atoms with Crippen LogP contribution in [0.5, 0.6) is 5.75 Å². The highest BCUT2D eigenvalue weighted by Crippen LogP contribution is 2.23. The lowest BCUT2D eigenvalue weighted by Crippen LogP contribution is -2.35. The molecule has 154 valence electrons. The number of hydrogen-bond acceptors (Lipinski definition) is 6. The van der Waals surface area contributed by atoms with Gasteiger partial charge < -0.3 is 18.9 Å². The maximum Gasteiger partial charge on any atom is 0.341 e. The molecule has 1 saturated heterocycles. The molecule has 0 radical (unpaired) electrons. The second kappa shape index (κ2) is 10.6. The van der Waals surface area contributed by atoms with Gasteiger partial charge in [-0.05, 0) is 28.8 Å². The van der Waals surface area contributed by atoms with E-state index in [9.17, 15) is 4.79 Å². The topological polar surface area (TPSA) is 57.2 Å². The van der Waals surface area contributed by atoms with Gasteiger partial charge in [-0.2, -0.15) is 0 Å². The molecule has 0 spiro atoms. The van der Waals surface area contributed by atoms with Gasteiger partial charge in [-0.3, -0.25) is 4.90 Å². The summed E-state index contributed by atoms with van der Waals surface area (Å²) < 4.78 is 21.4. The molecule has 0 saturated carbocycles. The Kier molecular flexibility index (Phi) is 7.67. The molecule has 6 nitrogen and oxygen atoms in total. The Bertz CT molecular complexity index is 843. The van der Waals surface area contributed by atoms with Crippen molar-refractivity contribution in [2.45, 2.75) is 13.2 Å². The normalized spacial score (nSPS) is 15.0. The lowest BCUT2D eigenvalue weighted by molar-refractivity contribution is -0.133. The average Bonchev–Trinajstić information content (AvgIpc) is 2.77. The number of carbonyl (C=O) groups excluding carboxylic acids is 1. The monoisotopic (exact) mass is 397 g/mol. The van der Waals surface area contributed by atoms with Crippen LogP contribution in [-0.2, 0) is 32.2 Å². The lowest BCUT2D eigenvalue weighted by Gasteiger charge is -2.26. The van der Waals surface area contributed by atoms with Crippen molar-refractivity contribution in [1.82, 2.24) is 4.90 Å². The summed E-state index contributed by atoms with van der Waals surface area (Å²) in [6.07, 6.45) is 1.40. The summed E-state index contributed by atoms with van der Waals surface area (Å²) in [4.78, 5) is 14.5. The van der Waals surface area contributed by atoms with Crippen LogP contribution in [0.4, 0.5) is 0 Å². The Morgan fingerprint density at radius 2 is 1.90 bits per heavy atom. The first-order valence-corrected chi connectivity index (χ1v) is 9.62. The fourth-order valence-corrected chi connectivity index (χ4v) is 3.27. The van der Waals surface area contributed by atoms with Gasteiger partial charge in [0.1, 0.15) is 17.9 Å². The van der Waals surface area contributed by atoms with Crippen molar-refractivity contribution < 1.29 is 23.7 Å². The largest absolute Gasteiger partial charge is 0.503 e. The second-order valence-electron chi connectivity index (χ2n) is 6.74. The number of methoxy groups -OCH3 is 2. The molecule has 3 rings (SSSR count). The Morgan fingerprint density at radius 1 is 1.10 bits per heavy atom.